The Kier molecular flexibility index (Phi) is 5.96. The highest BCUT2D eigenvalue weighted by Crippen LogP contribution is 2.51. The lowest BCUT2D eigenvalue weighted by Gasteiger charge is -2.18. The van der Waals surface area contributed by atoms with Gasteiger partial charge in [-0.2, -0.15) is 0 Å². The van der Waals surface area contributed by atoms with E-state index >= 15 is 0 Å². The first-order chi connectivity index (χ1) is 9.64. The number of fused-ring (bicyclic) bond motifs is 1. The van der Waals surface area contributed by atoms with Crippen LogP contribution in [-0.4, -0.2) is 0 Å². The molecule has 0 fully saturated rings. The quantitative estimate of drug-likeness (QED) is 0.740. The Morgan fingerprint density at radius 3 is 2.18 bits per heavy atom. The smallest absolute Gasteiger partial charge is 0.600 e. The normalized spacial score (nSPS) is 13.3. The number of halogens is 4. The van der Waals surface area contributed by atoms with Crippen LogP contribution in [0.15, 0.2) is 24.3 Å². The van der Waals surface area contributed by atoms with Crippen LogP contribution in [0.3, 0.4) is 0 Å². The third kappa shape index (κ3) is 3.96. The van der Waals surface area contributed by atoms with Gasteiger partial charge in [-0.3, -0.25) is 0 Å². The number of unbranched alkanes of at least 4 members (excludes halogenated alkanes) is 1. The summed E-state index contributed by atoms with van der Waals surface area (Å²) in [6.07, 6.45) is 2.26. The average Bonchev–Trinajstić information content (AvgIpc) is 2.71. The molecule has 1 atom stereocenters. The van der Waals surface area contributed by atoms with E-state index in [4.69, 9.17) is 0 Å². The molecule has 0 aliphatic carbocycles. The van der Waals surface area contributed by atoms with Gasteiger partial charge in [0.05, 0.1) is 10.5 Å². The number of aryl methyl sites for hydroxylation is 1. The highest BCUT2D eigenvalue weighted by molar-refractivity contribution is 7.38. The van der Waals surface area contributed by atoms with Crippen molar-refractivity contribution in [3.05, 3.63) is 34.7 Å². The van der Waals surface area contributed by atoms with E-state index in [1.807, 2.05) is 39.8 Å². The minimum atomic E-state index is -4.18. The van der Waals surface area contributed by atoms with Crippen LogP contribution in [0.5, 0.6) is 0 Å². The van der Waals surface area contributed by atoms with Gasteiger partial charge in [-0.05, 0) is 23.5 Å². The van der Waals surface area contributed by atoms with Gasteiger partial charge in [-0.25, -0.2) is 0 Å². The predicted molar refractivity (Wildman–Crippen MR) is 85.0 cm³/mol. The predicted octanol–water partition coefficient (Wildman–Crippen LogP) is 3.71. The molecular formula is C17H22ClF3S. The molecule has 2 rings (SSSR count). The van der Waals surface area contributed by atoms with E-state index in [0.717, 1.165) is 23.8 Å². The molecule has 0 aliphatic heterocycles. The van der Waals surface area contributed by atoms with Crippen molar-refractivity contribution in [1.82, 2.24) is 0 Å². The fourth-order valence-corrected chi connectivity index (χ4v) is 4.50. The van der Waals surface area contributed by atoms with Gasteiger partial charge in [0.2, 0.25) is 0 Å². The minimum absolute atomic E-state index is 0. The summed E-state index contributed by atoms with van der Waals surface area (Å²) in [6, 6.07) is 7.33. The van der Waals surface area contributed by atoms with Crippen LogP contribution < -0.4 is 12.4 Å². The Morgan fingerprint density at radius 2 is 1.68 bits per heavy atom. The zero-order valence-electron chi connectivity index (χ0n) is 13.4. The molecule has 0 aliphatic rings. The Bertz CT molecular complexity index is 636. The van der Waals surface area contributed by atoms with Gasteiger partial charge in [0, 0.05) is 23.9 Å². The molecule has 0 saturated carbocycles. The molecular weight excluding hydrogens is 329 g/mol. The van der Waals surface area contributed by atoms with Crippen molar-refractivity contribution < 1.29 is 25.6 Å². The van der Waals surface area contributed by atoms with Gasteiger partial charge in [-0.1, -0.05) is 40.2 Å². The first kappa shape index (κ1) is 19.3. The van der Waals surface area contributed by atoms with E-state index in [2.05, 4.69) is 0 Å². The van der Waals surface area contributed by atoms with Crippen LogP contribution in [0.25, 0.3) is 10.1 Å². The summed E-state index contributed by atoms with van der Waals surface area (Å²) in [5.74, 6) is 0. The zero-order valence-corrected chi connectivity index (χ0v) is 14.9. The highest BCUT2D eigenvalue weighted by Gasteiger charge is 2.47. The SMILES string of the molecule is CCCCc1cc2ccc(C(C)(C)C)cc2[s+]1C(F)(F)F.[Cl-]. The molecule has 0 nitrogen and oxygen atoms in total. The zero-order chi connectivity index (χ0) is 15.8. The Hall–Kier alpha value is -0.740. The van der Waals surface area contributed by atoms with Crippen LogP contribution in [-0.2, 0) is 17.3 Å². The second-order valence-electron chi connectivity index (χ2n) is 6.47. The topological polar surface area (TPSA) is 0 Å². The Balaban J connectivity index is 0.00000242. The first-order valence-corrected chi connectivity index (χ1v) is 8.53. The molecule has 0 amide bonds. The van der Waals surface area contributed by atoms with E-state index in [1.165, 1.54) is 0 Å². The molecule has 1 aromatic heterocycles. The van der Waals surface area contributed by atoms with Gasteiger partial charge >= 0.3 is 5.51 Å². The van der Waals surface area contributed by atoms with E-state index < -0.39 is 16.0 Å². The standard InChI is InChI=1S/C17H22F3S.ClH/c1-5-6-7-14-10-12-8-9-13(16(2,3)4)11-15(12)21(14)17(18,19)20;/h8-11H,5-7H2,1-4H3;1H/q+1;/p-1. The molecule has 5 heteroatoms. The van der Waals surface area contributed by atoms with Crippen LogP contribution in [0.1, 0.15) is 51.0 Å². The summed E-state index contributed by atoms with van der Waals surface area (Å²) in [5.41, 5.74) is -3.35. The molecule has 0 bridgehead atoms. The Labute approximate surface area is 139 Å². The van der Waals surface area contributed by atoms with E-state index in [-0.39, 0.29) is 17.8 Å². The average molecular weight is 351 g/mol. The molecule has 1 aromatic carbocycles. The van der Waals surface area contributed by atoms with Crippen molar-refractivity contribution >= 4 is 20.6 Å². The third-order valence-corrected chi connectivity index (χ3v) is 5.79. The largest absolute Gasteiger partial charge is 1.00 e. The van der Waals surface area contributed by atoms with Crippen LogP contribution >= 0.6 is 10.5 Å². The monoisotopic (exact) mass is 350 g/mol. The number of thiophene rings is 1. The van der Waals surface area contributed by atoms with E-state index in [1.54, 1.807) is 12.1 Å². The summed E-state index contributed by atoms with van der Waals surface area (Å²) in [5, 5.41) is 0.745. The van der Waals surface area contributed by atoms with Gasteiger partial charge in [0.1, 0.15) is 0 Å². The molecule has 1 unspecified atom stereocenters. The number of hydrogen-bond acceptors (Lipinski definition) is 0. The molecule has 124 valence electrons. The van der Waals surface area contributed by atoms with Gasteiger partial charge in [0.25, 0.3) is 0 Å². The minimum Gasteiger partial charge on any atom is -1.00 e. The third-order valence-electron chi connectivity index (χ3n) is 3.69. The number of hydrogen-bond donors (Lipinski definition) is 0. The van der Waals surface area contributed by atoms with Crippen molar-refractivity contribution in [3.63, 3.8) is 0 Å². The summed E-state index contributed by atoms with van der Waals surface area (Å²) < 4.78 is 41.0. The summed E-state index contributed by atoms with van der Waals surface area (Å²) >= 11 is 0. The second kappa shape index (κ2) is 6.79. The van der Waals surface area contributed by atoms with Crippen LogP contribution in [0.2, 0.25) is 0 Å². The number of benzene rings is 1. The second-order valence-corrected chi connectivity index (χ2v) is 8.51. The maximum Gasteiger partial charge on any atom is 0.600 e. The summed E-state index contributed by atoms with van der Waals surface area (Å²) in [7, 11) is -1.74. The maximum absolute atomic E-state index is 13.5. The summed E-state index contributed by atoms with van der Waals surface area (Å²) in [6.45, 7) is 8.09. The van der Waals surface area contributed by atoms with Crippen molar-refractivity contribution in [3.8, 4) is 0 Å². The van der Waals surface area contributed by atoms with Crippen molar-refractivity contribution in [2.45, 2.75) is 57.9 Å². The van der Waals surface area contributed by atoms with Crippen molar-refractivity contribution in [2.75, 3.05) is 0 Å². The van der Waals surface area contributed by atoms with Crippen molar-refractivity contribution in [2.24, 2.45) is 0 Å². The van der Waals surface area contributed by atoms with Crippen LogP contribution in [0, 0.1) is 0 Å². The molecule has 2 aromatic rings. The van der Waals surface area contributed by atoms with Gasteiger partial charge in [-0.15, -0.1) is 13.2 Å². The van der Waals surface area contributed by atoms with Crippen LogP contribution in [0.4, 0.5) is 13.2 Å². The van der Waals surface area contributed by atoms with Gasteiger partial charge in [0.15, 0.2) is 9.58 Å². The summed E-state index contributed by atoms with van der Waals surface area (Å²) in [4.78, 5) is 0.547. The lowest BCUT2D eigenvalue weighted by atomic mass is 9.87. The van der Waals surface area contributed by atoms with E-state index in [0.29, 0.717) is 16.0 Å². The lowest BCUT2D eigenvalue weighted by molar-refractivity contribution is -0.0867. The maximum atomic E-state index is 13.5. The van der Waals surface area contributed by atoms with E-state index in [9.17, 15) is 13.2 Å². The number of rotatable bonds is 3. The fourth-order valence-electron chi connectivity index (χ4n) is 2.47. The molecule has 1 heterocycles. The first-order valence-electron chi connectivity index (χ1n) is 7.31. The molecule has 0 saturated heterocycles. The van der Waals surface area contributed by atoms with Gasteiger partial charge < -0.3 is 12.4 Å². The highest BCUT2D eigenvalue weighted by atomic mass is 35.5. The van der Waals surface area contributed by atoms with Crippen molar-refractivity contribution in [1.29, 1.82) is 0 Å². The molecule has 0 spiro atoms. The Morgan fingerprint density at radius 1 is 1.05 bits per heavy atom. The molecule has 22 heavy (non-hydrogen) atoms. The number of alkyl halides is 3. The molecule has 0 radical (unpaired) electrons. The molecule has 0 N–H and O–H groups in total. The fraction of sp³-hybridized carbons (Fsp3) is 0.529. The lowest BCUT2D eigenvalue weighted by Crippen LogP contribution is -3.00.